The first-order valence-electron chi connectivity index (χ1n) is 16.5. The second-order valence-electron chi connectivity index (χ2n) is 12.5. The first kappa shape index (κ1) is 27.5. The Hall–Kier alpha value is -6.65. The molecular weight excluding hydrogens is 599 g/mol. The van der Waals surface area contributed by atoms with E-state index in [-0.39, 0.29) is 0 Å². The van der Waals surface area contributed by atoms with Gasteiger partial charge < -0.3 is 8.98 Å². The first-order chi connectivity index (χ1) is 24.3. The van der Waals surface area contributed by atoms with Crippen LogP contribution >= 0.6 is 0 Å². The zero-order valence-electron chi connectivity index (χ0n) is 26.5. The van der Waals surface area contributed by atoms with E-state index in [1.165, 1.54) is 32.6 Å². The van der Waals surface area contributed by atoms with Crippen molar-refractivity contribution in [3.8, 4) is 16.8 Å². The molecule has 10 rings (SSSR count). The van der Waals surface area contributed by atoms with Crippen LogP contribution in [0.4, 0.5) is 17.4 Å². The summed E-state index contributed by atoms with van der Waals surface area (Å²) in [6, 6.07) is 62.6. The van der Waals surface area contributed by atoms with Gasteiger partial charge >= 0.3 is 6.01 Å². The topological polar surface area (TPSA) is 34.2 Å². The molecule has 2 aromatic heterocycles. The minimum Gasteiger partial charge on any atom is -0.423 e. The molecule has 0 atom stereocenters. The predicted molar refractivity (Wildman–Crippen MR) is 203 cm³/mol. The highest BCUT2D eigenvalue weighted by atomic mass is 16.4. The number of nitrogens with zero attached hydrogens (tertiary/aromatic N) is 3. The summed E-state index contributed by atoms with van der Waals surface area (Å²) in [6.45, 7) is 0. The SMILES string of the molecule is c1ccc(-n2c3ccccc3c3ccc(N(c4ccc(-c5ccc6ccccc6c5)cc4)c4nc5c(ccc6ccccc65)o4)cc32)cc1. The Morgan fingerprint density at radius 3 is 1.96 bits per heavy atom. The lowest BCUT2D eigenvalue weighted by molar-refractivity contribution is 0.608. The van der Waals surface area contributed by atoms with Crippen LogP contribution in [-0.4, -0.2) is 9.55 Å². The smallest absolute Gasteiger partial charge is 0.307 e. The van der Waals surface area contributed by atoms with Crippen LogP contribution in [-0.2, 0) is 0 Å². The quantitative estimate of drug-likeness (QED) is 0.190. The maximum atomic E-state index is 6.60. The third-order valence-corrected chi connectivity index (χ3v) is 9.60. The molecule has 0 aliphatic heterocycles. The Kier molecular flexibility index (Phi) is 6.15. The molecule has 2 heterocycles. The highest BCUT2D eigenvalue weighted by Crippen LogP contribution is 2.41. The van der Waals surface area contributed by atoms with Gasteiger partial charge in [0.25, 0.3) is 0 Å². The number of aromatic nitrogens is 2. The van der Waals surface area contributed by atoms with E-state index < -0.39 is 0 Å². The van der Waals surface area contributed by atoms with Crippen molar-refractivity contribution < 1.29 is 4.42 Å². The van der Waals surface area contributed by atoms with Crippen LogP contribution in [0.25, 0.3) is 71.3 Å². The lowest BCUT2D eigenvalue weighted by Gasteiger charge is -2.22. The van der Waals surface area contributed by atoms with E-state index in [0.29, 0.717) is 6.01 Å². The Labute approximate surface area is 282 Å². The molecule has 0 amide bonds. The van der Waals surface area contributed by atoms with Crippen molar-refractivity contribution in [2.24, 2.45) is 0 Å². The number of fused-ring (bicyclic) bond motifs is 7. The van der Waals surface area contributed by atoms with E-state index >= 15 is 0 Å². The lowest BCUT2D eigenvalue weighted by Crippen LogP contribution is -2.10. The standard InChI is InChI=1S/C45H29N3O/c1-2-13-35(14-3-1)48-41-17-9-8-16-39(41)40-26-25-37(29-42(40)48)47(45-46-44-38-15-7-6-11-32(38)22-27-43(44)49-45)36-23-20-31(21-24-36)34-19-18-30-10-4-5-12-33(30)28-34/h1-29H. The highest BCUT2D eigenvalue weighted by Gasteiger charge is 2.22. The number of oxazole rings is 1. The number of rotatable bonds is 5. The van der Waals surface area contributed by atoms with Crippen molar-refractivity contribution in [3.63, 3.8) is 0 Å². The largest absolute Gasteiger partial charge is 0.423 e. The second-order valence-corrected chi connectivity index (χ2v) is 12.5. The zero-order chi connectivity index (χ0) is 32.3. The molecule has 0 fully saturated rings. The van der Waals surface area contributed by atoms with Crippen molar-refractivity contribution in [2.45, 2.75) is 0 Å². The summed E-state index contributed by atoms with van der Waals surface area (Å²) < 4.78 is 8.95. The third kappa shape index (κ3) is 4.49. The van der Waals surface area contributed by atoms with Gasteiger partial charge in [0.15, 0.2) is 5.58 Å². The number of hydrogen-bond acceptors (Lipinski definition) is 3. The number of benzene rings is 8. The Bertz CT molecular complexity index is 2830. The van der Waals surface area contributed by atoms with Gasteiger partial charge in [-0.15, -0.1) is 0 Å². The van der Waals surface area contributed by atoms with E-state index in [9.17, 15) is 0 Å². The molecule has 0 saturated carbocycles. The van der Waals surface area contributed by atoms with Crippen LogP contribution in [0, 0.1) is 0 Å². The van der Waals surface area contributed by atoms with Gasteiger partial charge in [0.2, 0.25) is 0 Å². The third-order valence-electron chi connectivity index (χ3n) is 9.60. The summed E-state index contributed by atoms with van der Waals surface area (Å²) in [4.78, 5) is 7.29. The van der Waals surface area contributed by atoms with Gasteiger partial charge in [0.1, 0.15) is 5.52 Å². The van der Waals surface area contributed by atoms with Gasteiger partial charge in [-0.2, -0.15) is 4.98 Å². The second kappa shape index (κ2) is 11.0. The number of para-hydroxylation sites is 2. The van der Waals surface area contributed by atoms with Crippen molar-refractivity contribution >= 4 is 71.8 Å². The Morgan fingerprint density at radius 1 is 0.449 bits per heavy atom. The highest BCUT2D eigenvalue weighted by molar-refractivity contribution is 6.10. The van der Waals surface area contributed by atoms with E-state index in [2.05, 4.69) is 179 Å². The average Bonchev–Trinajstić information content (AvgIpc) is 3.75. The molecule has 4 heteroatoms. The monoisotopic (exact) mass is 627 g/mol. The molecule has 8 aromatic carbocycles. The van der Waals surface area contributed by atoms with E-state index in [1.807, 2.05) is 6.07 Å². The molecule has 0 N–H and O–H groups in total. The van der Waals surface area contributed by atoms with Gasteiger partial charge in [-0.05, 0) is 81.9 Å². The molecule has 0 bridgehead atoms. The molecule has 0 spiro atoms. The van der Waals surface area contributed by atoms with E-state index in [0.717, 1.165) is 50.0 Å². The minimum atomic E-state index is 0.520. The molecule has 0 saturated heterocycles. The molecule has 230 valence electrons. The fraction of sp³-hybridized carbons (Fsp3) is 0. The van der Waals surface area contributed by atoms with Crippen LogP contribution < -0.4 is 4.90 Å². The van der Waals surface area contributed by atoms with Crippen LogP contribution in [0.15, 0.2) is 180 Å². The molecule has 0 unspecified atom stereocenters. The number of anilines is 3. The molecule has 0 aliphatic carbocycles. The summed E-state index contributed by atoms with van der Waals surface area (Å²) in [6.07, 6.45) is 0. The fourth-order valence-corrected chi connectivity index (χ4v) is 7.24. The number of hydrogen-bond donors (Lipinski definition) is 0. The normalized spacial score (nSPS) is 11.7. The van der Waals surface area contributed by atoms with Crippen LogP contribution in [0.3, 0.4) is 0 Å². The van der Waals surface area contributed by atoms with E-state index in [1.54, 1.807) is 0 Å². The average molecular weight is 628 g/mol. The van der Waals surface area contributed by atoms with Crippen molar-refractivity contribution in [1.82, 2.24) is 9.55 Å². The zero-order valence-corrected chi connectivity index (χ0v) is 26.5. The lowest BCUT2D eigenvalue weighted by atomic mass is 10.0. The van der Waals surface area contributed by atoms with Gasteiger partial charge in [-0.3, -0.25) is 4.90 Å². The van der Waals surface area contributed by atoms with Crippen LogP contribution in [0.2, 0.25) is 0 Å². The summed E-state index contributed by atoms with van der Waals surface area (Å²) in [5, 5.41) is 7.08. The summed E-state index contributed by atoms with van der Waals surface area (Å²) in [5.74, 6) is 0. The fourth-order valence-electron chi connectivity index (χ4n) is 7.24. The summed E-state index contributed by atoms with van der Waals surface area (Å²) >= 11 is 0. The van der Waals surface area contributed by atoms with Gasteiger partial charge in [-0.25, -0.2) is 0 Å². The van der Waals surface area contributed by atoms with Crippen molar-refractivity contribution in [3.05, 3.63) is 176 Å². The summed E-state index contributed by atoms with van der Waals surface area (Å²) in [5.41, 5.74) is 9.26. The summed E-state index contributed by atoms with van der Waals surface area (Å²) in [7, 11) is 0. The van der Waals surface area contributed by atoms with E-state index in [4.69, 9.17) is 9.40 Å². The van der Waals surface area contributed by atoms with Crippen molar-refractivity contribution in [2.75, 3.05) is 4.90 Å². The predicted octanol–water partition coefficient (Wildman–Crippen LogP) is 12.4. The van der Waals surface area contributed by atoms with Gasteiger partial charge in [0.05, 0.1) is 22.4 Å². The Morgan fingerprint density at radius 2 is 1.10 bits per heavy atom. The maximum absolute atomic E-state index is 6.60. The first-order valence-corrected chi connectivity index (χ1v) is 16.5. The van der Waals surface area contributed by atoms with Gasteiger partial charge in [0, 0.05) is 21.8 Å². The Balaban J connectivity index is 1.18. The molecule has 10 aromatic rings. The van der Waals surface area contributed by atoms with Gasteiger partial charge in [-0.1, -0.05) is 121 Å². The minimum absolute atomic E-state index is 0.520. The molecule has 4 nitrogen and oxygen atoms in total. The molecule has 0 aliphatic rings. The molecule has 0 radical (unpaired) electrons. The maximum Gasteiger partial charge on any atom is 0.307 e. The molecule has 49 heavy (non-hydrogen) atoms. The van der Waals surface area contributed by atoms with Crippen LogP contribution in [0.1, 0.15) is 0 Å². The molecular formula is C45H29N3O. The van der Waals surface area contributed by atoms with Crippen LogP contribution in [0.5, 0.6) is 0 Å². The van der Waals surface area contributed by atoms with Crippen molar-refractivity contribution in [1.29, 1.82) is 0 Å².